The molecule has 0 heterocycles. The molecule has 0 aromatic heterocycles. The van der Waals surface area contributed by atoms with Crippen LogP contribution in [0.2, 0.25) is 5.02 Å². The molecule has 0 amide bonds. The van der Waals surface area contributed by atoms with Crippen LogP contribution in [0, 0.1) is 0 Å². The maximum atomic E-state index is 11.8. The highest BCUT2D eigenvalue weighted by Gasteiger charge is 2.34. The van der Waals surface area contributed by atoms with E-state index in [1.165, 1.54) is 13.8 Å². The Kier molecular flexibility index (Phi) is 5.16. The lowest BCUT2D eigenvalue weighted by molar-refractivity contribution is -0.139. The Morgan fingerprint density at radius 3 is 2.44 bits per heavy atom. The van der Waals surface area contributed by atoms with E-state index in [-0.39, 0.29) is 12.4 Å². The molecule has 1 atom stereocenters. The van der Waals surface area contributed by atoms with E-state index in [1.54, 1.807) is 24.3 Å². The number of carbonyl (C=O) groups is 1. The Labute approximate surface area is 113 Å². The first-order valence-corrected chi connectivity index (χ1v) is 7.04. The molecule has 0 saturated heterocycles. The van der Waals surface area contributed by atoms with Crippen LogP contribution in [0.5, 0.6) is 5.75 Å². The molecule has 0 aliphatic rings. The van der Waals surface area contributed by atoms with E-state index in [0.717, 1.165) is 0 Å². The minimum Gasteiger partial charge on any atom is -0.493 e. The summed E-state index contributed by atoms with van der Waals surface area (Å²) in [6, 6.07) is 6.78. The fraction of sp³-hybridized carbons (Fsp3) is 0.417. The lowest BCUT2D eigenvalue weighted by atomic mass is 10.2. The average Bonchev–Trinajstić information content (AvgIpc) is 2.31. The number of hydrogen-bond acceptors (Lipinski definition) is 3. The molecule has 100 valence electrons. The molecule has 4 nitrogen and oxygen atoms in total. The van der Waals surface area contributed by atoms with Crippen LogP contribution in [-0.2, 0) is 15.6 Å². The number of carboxylic acids is 1. The summed E-state index contributed by atoms with van der Waals surface area (Å²) in [5.41, 5.74) is 0. The zero-order chi connectivity index (χ0) is 13.8. The predicted octanol–water partition coefficient (Wildman–Crippen LogP) is 2.33. The van der Waals surface area contributed by atoms with Crippen molar-refractivity contribution in [3.63, 3.8) is 0 Å². The van der Waals surface area contributed by atoms with Crippen LogP contribution in [0.3, 0.4) is 0 Å². The lowest BCUT2D eigenvalue weighted by Gasteiger charge is -2.18. The molecule has 0 fully saturated rings. The first kappa shape index (κ1) is 15.0. The maximum absolute atomic E-state index is 11.8. The van der Waals surface area contributed by atoms with Gasteiger partial charge in [-0.25, -0.2) is 0 Å². The normalized spacial score (nSPS) is 13.1. The number of ether oxygens (including phenoxy) is 1. The molecule has 0 radical (unpaired) electrons. The summed E-state index contributed by atoms with van der Waals surface area (Å²) in [5, 5.41) is 9.52. The molecule has 0 bridgehead atoms. The molecule has 0 saturated carbocycles. The Bertz CT molecular complexity index is 442. The third-order valence-electron chi connectivity index (χ3n) is 2.44. The van der Waals surface area contributed by atoms with Crippen molar-refractivity contribution >= 4 is 28.4 Å². The van der Waals surface area contributed by atoms with Crippen molar-refractivity contribution < 1.29 is 18.8 Å². The summed E-state index contributed by atoms with van der Waals surface area (Å²) < 4.78 is 15.9. The van der Waals surface area contributed by atoms with Crippen molar-refractivity contribution in [2.24, 2.45) is 0 Å². The molecular formula is C12H15ClO4S. The van der Waals surface area contributed by atoms with E-state index in [2.05, 4.69) is 0 Å². The zero-order valence-electron chi connectivity index (χ0n) is 10.2. The summed E-state index contributed by atoms with van der Waals surface area (Å²) in [5.74, 6) is -0.293. The van der Waals surface area contributed by atoms with Crippen molar-refractivity contribution in [2.45, 2.75) is 18.6 Å². The van der Waals surface area contributed by atoms with Gasteiger partial charge in [0.2, 0.25) is 0 Å². The van der Waals surface area contributed by atoms with Crippen LogP contribution < -0.4 is 4.74 Å². The van der Waals surface area contributed by atoms with Gasteiger partial charge in [0.25, 0.3) is 0 Å². The van der Waals surface area contributed by atoms with Gasteiger partial charge in [0.05, 0.1) is 12.4 Å². The van der Waals surface area contributed by atoms with Gasteiger partial charge in [-0.2, -0.15) is 0 Å². The molecule has 0 spiro atoms. The summed E-state index contributed by atoms with van der Waals surface area (Å²) in [6.07, 6.45) is 0. The van der Waals surface area contributed by atoms with Crippen LogP contribution >= 0.6 is 11.6 Å². The summed E-state index contributed by atoms with van der Waals surface area (Å²) in [7, 11) is -1.49. The van der Waals surface area contributed by atoms with Crippen molar-refractivity contribution in [3.05, 3.63) is 29.3 Å². The predicted molar refractivity (Wildman–Crippen MR) is 71.7 cm³/mol. The molecule has 0 aliphatic carbocycles. The topological polar surface area (TPSA) is 63.6 Å². The van der Waals surface area contributed by atoms with E-state index in [0.29, 0.717) is 10.8 Å². The van der Waals surface area contributed by atoms with Crippen LogP contribution in [-0.4, -0.2) is 32.4 Å². The highest BCUT2D eigenvalue weighted by molar-refractivity contribution is 7.87. The number of rotatable bonds is 6. The van der Waals surface area contributed by atoms with Gasteiger partial charge in [-0.15, -0.1) is 0 Å². The van der Waals surface area contributed by atoms with E-state index in [1.807, 2.05) is 0 Å². The van der Waals surface area contributed by atoms with E-state index < -0.39 is 21.5 Å². The van der Waals surface area contributed by atoms with Gasteiger partial charge in [-0.3, -0.25) is 9.00 Å². The van der Waals surface area contributed by atoms with Crippen LogP contribution in [0.1, 0.15) is 13.8 Å². The standard InChI is InChI=1S/C12H15ClO4S/c1-12(2,11(14)15)18(16)8-7-17-10-5-3-9(13)4-6-10/h3-6H,7-8H2,1-2H3,(H,14,15). The van der Waals surface area contributed by atoms with Crippen LogP contribution in [0.4, 0.5) is 0 Å². The van der Waals surface area contributed by atoms with E-state index >= 15 is 0 Å². The second-order valence-electron chi connectivity index (χ2n) is 4.17. The Balaban J connectivity index is 2.45. The van der Waals surface area contributed by atoms with Crippen molar-refractivity contribution in [1.82, 2.24) is 0 Å². The van der Waals surface area contributed by atoms with Gasteiger partial charge in [0.1, 0.15) is 10.5 Å². The van der Waals surface area contributed by atoms with Gasteiger partial charge < -0.3 is 9.84 Å². The fourth-order valence-corrected chi connectivity index (χ4v) is 2.18. The minimum atomic E-state index is -1.49. The number of benzene rings is 1. The van der Waals surface area contributed by atoms with Crippen molar-refractivity contribution in [3.8, 4) is 5.75 Å². The van der Waals surface area contributed by atoms with Gasteiger partial charge in [0.15, 0.2) is 0 Å². The van der Waals surface area contributed by atoms with Crippen molar-refractivity contribution in [2.75, 3.05) is 12.4 Å². The Hall–Kier alpha value is -1.07. The smallest absolute Gasteiger partial charge is 0.321 e. The van der Waals surface area contributed by atoms with Gasteiger partial charge in [0, 0.05) is 15.8 Å². The molecule has 1 rings (SSSR count). The second-order valence-corrected chi connectivity index (χ2v) is 6.72. The number of aliphatic carboxylic acids is 1. The third-order valence-corrected chi connectivity index (χ3v) is 4.54. The van der Waals surface area contributed by atoms with Gasteiger partial charge in [-0.1, -0.05) is 11.6 Å². The largest absolute Gasteiger partial charge is 0.493 e. The van der Waals surface area contributed by atoms with Crippen LogP contribution in [0.15, 0.2) is 24.3 Å². The molecule has 6 heteroatoms. The zero-order valence-corrected chi connectivity index (χ0v) is 11.8. The summed E-state index contributed by atoms with van der Waals surface area (Å²) in [4.78, 5) is 10.9. The van der Waals surface area contributed by atoms with Gasteiger partial charge in [-0.05, 0) is 38.1 Å². The highest BCUT2D eigenvalue weighted by atomic mass is 35.5. The van der Waals surface area contributed by atoms with Gasteiger partial charge >= 0.3 is 5.97 Å². The minimum absolute atomic E-state index is 0.169. The highest BCUT2D eigenvalue weighted by Crippen LogP contribution is 2.17. The molecule has 0 aliphatic heterocycles. The summed E-state index contributed by atoms with van der Waals surface area (Å²) in [6.45, 7) is 3.08. The molecule has 1 aromatic carbocycles. The number of hydrogen-bond donors (Lipinski definition) is 1. The molecule has 1 unspecified atom stereocenters. The van der Waals surface area contributed by atoms with E-state index in [4.69, 9.17) is 21.4 Å². The summed E-state index contributed by atoms with van der Waals surface area (Å²) >= 11 is 5.72. The first-order valence-electron chi connectivity index (χ1n) is 5.34. The van der Waals surface area contributed by atoms with Crippen LogP contribution in [0.25, 0.3) is 0 Å². The Morgan fingerprint density at radius 2 is 1.94 bits per heavy atom. The van der Waals surface area contributed by atoms with E-state index in [9.17, 15) is 9.00 Å². The fourth-order valence-electron chi connectivity index (χ4n) is 1.12. The Morgan fingerprint density at radius 1 is 1.39 bits per heavy atom. The number of halogens is 1. The third kappa shape index (κ3) is 3.99. The quantitative estimate of drug-likeness (QED) is 0.873. The SMILES string of the molecule is CC(C)(C(=O)O)S(=O)CCOc1ccc(Cl)cc1. The maximum Gasteiger partial charge on any atom is 0.321 e. The number of carboxylic acid groups (broad SMARTS) is 1. The molecule has 1 aromatic rings. The average molecular weight is 291 g/mol. The lowest BCUT2D eigenvalue weighted by Crippen LogP contribution is -2.38. The first-order chi connectivity index (χ1) is 8.34. The molecule has 1 N–H and O–H groups in total. The molecular weight excluding hydrogens is 276 g/mol. The molecule has 18 heavy (non-hydrogen) atoms. The monoisotopic (exact) mass is 290 g/mol. The van der Waals surface area contributed by atoms with Crippen molar-refractivity contribution in [1.29, 1.82) is 0 Å². The second kappa shape index (κ2) is 6.20.